The summed E-state index contributed by atoms with van der Waals surface area (Å²) in [5.74, 6) is 0.110. The fourth-order valence-corrected chi connectivity index (χ4v) is 5.28. The third-order valence-electron chi connectivity index (χ3n) is 6.33. The van der Waals surface area contributed by atoms with Crippen molar-refractivity contribution >= 4 is 5.91 Å². The maximum absolute atomic E-state index is 12.9. The molecule has 1 aromatic carbocycles. The summed E-state index contributed by atoms with van der Waals surface area (Å²) < 4.78 is 0. The normalized spacial score (nSPS) is 34.2. The second kappa shape index (κ2) is 6.28. The van der Waals surface area contributed by atoms with Gasteiger partial charge < -0.3 is 20.1 Å². The second-order valence-electron chi connectivity index (χ2n) is 8.01. The molecule has 7 heteroatoms. The molecular weight excluding hydrogens is 342 g/mol. The fraction of sp³-hybridized carbons (Fsp3) is 0.450. The Bertz CT molecular complexity index is 896. The molecule has 0 saturated carbocycles. The van der Waals surface area contributed by atoms with Gasteiger partial charge >= 0.3 is 0 Å². The topological polar surface area (TPSA) is 81.3 Å². The second-order valence-corrected chi connectivity index (χ2v) is 8.01. The Kier molecular flexibility index (Phi) is 3.87. The van der Waals surface area contributed by atoms with E-state index < -0.39 is 0 Å². The number of hydrogen-bond donors (Lipinski definition) is 2. The van der Waals surface area contributed by atoms with Crippen LogP contribution in [-0.4, -0.2) is 71.0 Å². The quantitative estimate of drug-likeness (QED) is 0.804. The Morgan fingerprint density at radius 3 is 2.48 bits per heavy atom. The van der Waals surface area contributed by atoms with Gasteiger partial charge in [0.1, 0.15) is 5.69 Å². The van der Waals surface area contributed by atoms with Crippen molar-refractivity contribution in [2.24, 2.45) is 5.92 Å². The zero-order chi connectivity index (χ0) is 18.4. The predicted octanol–water partition coefficient (Wildman–Crippen LogP) is 0.0673. The van der Waals surface area contributed by atoms with Crippen molar-refractivity contribution in [3.8, 4) is 0 Å². The number of nitrogens with one attached hydrogen (secondary N) is 2. The van der Waals surface area contributed by atoms with Gasteiger partial charge in [0.2, 0.25) is 0 Å². The Hall–Kier alpha value is -2.51. The van der Waals surface area contributed by atoms with Crippen LogP contribution in [0.15, 0.2) is 47.5 Å². The number of benzene rings is 1. The van der Waals surface area contributed by atoms with Crippen LogP contribution in [0.2, 0.25) is 0 Å². The van der Waals surface area contributed by atoms with Gasteiger partial charge in [-0.05, 0) is 5.56 Å². The maximum atomic E-state index is 12.9. The largest absolute Gasteiger partial charge is 0.347 e. The van der Waals surface area contributed by atoms with Crippen molar-refractivity contribution in [2.45, 2.75) is 11.5 Å². The van der Waals surface area contributed by atoms with E-state index in [2.05, 4.69) is 49.4 Å². The number of hydrogen-bond acceptors (Lipinski definition) is 5. The summed E-state index contributed by atoms with van der Waals surface area (Å²) in [6.07, 6.45) is 2.59. The molecule has 0 radical (unpaired) electrons. The van der Waals surface area contributed by atoms with Crippen LogP contribution >= 0.6 is 0 Å². The lowest BCUT2D eigenvalue weighted by atomic mass is 9.64. The number of rotatable bonds is 3. The van der Waals surface area contributed by atoms with E-state index in [1.807, 2.05) is 6.07 Å². The lowest BCUT2D eigenvalue weighted by molar-refractivity contribution is 0.0179. The van der Waals surface area contributed by atoms with E-state index in [1.165, 1.54) is 18.0 Å². The van der Waals surface area contributed by atoms with Gasteiger partial charge in [-0.3, -0.25) is 14.6 Å². The molecule has 1 amide bonds. The van der Waals surface area contributed by atoms with Crippen LogP contribution in [0.25, 0.3) is 0 Å². The third-order valence-corrected chi connectivity index (χ3v) is 6.33. The van der Waals surface area contributed by atoms with E-state index in [-0.39, 0.29) is 28.6 Å². The van der Waals surface area contributed by atoms with Crippen LogP contribution in [0.5, 0.6) is 0 Å². The SMILES string of the molecule is O=C(NC1C2CN3CCN(C2)CC1(c1ccccc1)C3)c1cncc(=O)[nH]1. The molecule has 140 valence electrons. The highest BCUT2D eigenvalue weighted by Crippen LogP contribution is 2.43. The highest BCUT2D eigenvalue weighted by Gasteiger charge is 2.55. The van der Waals surface area contributed by atoms with Gasteiger partial charge in [0.15, 0.2) is 0 Å². The third kappa shape index (κ3) is 2.78. The smallest absolute Gasteiger partial charge is 0.269 e. The molecule has 4 fully saturated rings. The lowest BCUT2D eigenvalue weighted by Gasteiger charge is -2.55. The first kappa shape index (κ1) is 16.6. The van der Waals surface area contributed by atoms with E-state index in [0.717, 1.165) is 39.3 Å². The minimum Gasteiger partial charge on any atom is -0.347 e. The molecule has 2 aromatic rings. The molecule has 4 aliphatic heterocycles. The average Bonchev–Trinajstić information content (AvgIpc) is 2.93. The molecule has 5 heterocycles. The summed E-state index contributed by atoms with van der Waals surface area (Å²) in [6.45, 7) is 6.06. The molecule has 7 nitrogen and oxygen atoms in total. The molecule has 4 saturated heterocycles. The molecule has 6 rings (SSSR count). The number of carbonyl (C=O) groups is 1. The zero-order valence-electron chi connectivity index (χ0n) is 15.1. The van der Waals surface area contributed by atoms with Crippen molar-refractivity contribution in [1.82, 2.24) is 25.1 Å². The van der Waals surface area contributed by atoms with E-state index in [1.54, 1.807) is 0 Å². The molecular formula is C20H23N5O2. The van der Waals surface area contributed by atoms with E-state index in [4.69, 9.17) is 0 Å². The number of nitrogens with zero attached hydrogens (tertiary/aromatic N) is 3. The Labute approximate surface area is 157 Å². The molecule has 27 heavy (non-hydrogen) atoms. The van der Waals surface area contributed by atoms with Crippen molar-refractivity contribution in [3.63, 3.8) is 0 Å². The summed E-state index contributed by atoms with van der Waals surface area (Å²) in [6, 6.07) is 10.6. The Morgan fingerprint density at radius 1 is 1.11 bits per heavy atom. The fourth-order valence-electron chi connectivity index (χ4n) is 5.28. The van der Waals surface area contributed by atoms with E-state index in [9.17, 15) is 9.59 Å². The van der Waals surface area contributed by atoms with Gasteiger partial charge in [-0.2, -0.15) is 0 Å². The van der Waals surface area contributed by atoms with Crippen LogP contribution in [-0.2, 0) is 5.41 Å². The summed E-state index contributed by atoms with van der Waals surface area (Å²) in [4.78, 5) is 36.0. The number of amides is 1. The molecule has 2 N–H and O–H groups in total. The van der Waals surface area contributed by atoms with Gasteiger partial charge in [-0.1, -0.05) is 30.3 Å². The average molecular weight is 365 g/mol. The van der Waals surface area contributed by atoms with Crippen molar-refractivity contribution in [1.29, 1.82) is 0 Å². The number of aromatic nitrogens is 2. The van der Waals surface area contributed by atoms with Gasteiger partial charge in [0.25, 0.3) is 11.5 Å². The monoisotopic (exact) mass is 365 g/mol. The number of fused-ring (bicyclic) bond motifs is 1. The molecule has 4 aliphatic rings. The minimum atomic E-state index is -0.362. The van der Waals surface area contributed by atoms with Crippen molar-refractivity contribution in [3.05, 3.63) is 64.3 Å². The molecule has 4 bridgehead atoms. The van der Waals surface area contributed by atoms with Crippen LogP contribution < -0.4 is 10.9 Å². The van der Waals surface area contributed by atoms with Crippen molar-refractivity contribution in [2.75, 3.05) is 39.3 Å². The van der Waals surface area contributed by atoms with Crippen LogP contribution in [0.4, 0.5) is 0 Å². The summed E-state index contributed by atoms with van der Waals surface area (Å²) >= 11 is 0. The van der Waals surface area contributed by atoms with Crippen molar-refractivity contribution < 1.29 is 4.79 Å². The molecule has 1 aromatic heterocycles. The zero-order valence-corrected chi connectivity index (χ0v) is 15.1. The Balaban J connectivity index is 1.53. The van der Waals surface area contributed by atoms with Gasteiger partial charge in [-0.25, -0.2) is 0 Å². The highest BCUT2D eigenvalue weighted by atomic mass is 16.2. The first-order valence-corrected chi connectivity index (χ1v) is 9.49. The summed E-state index contributed by atoms with van der Waals surface area (Å²) in [5.41, 5.74) is 0.991. The number of carbonyl (C=O) groups excluding carboxylic acids is 1. The number of piperidine rings is 2. The van der Waals surface area contributed by atoms with Gasteiger partial charge in [0.05, 0.1) is 12.4 Å². The number of H-pyrrole nitrogens is 1. The first-order chi connectivity index (χ1) is 13.1. The Morgan fingerprint density at radius 2 is 1.81 bits per heavy atom. The van der Waals surface area contributed by atoms with E-state index >= 15 is 0 Å². The van der Waals surface area contributed by atoms with E-state index in [0.29, 0.717) is 5.92 Å². The highest BCUT2D eigenvalue weighted by molar-refractivity contribution is 5.92. The van der Waals surface area contributed by atoms with Crippen LogP contribution in [0.3, 0.4) is 0 Å². The predicted molar refractivity (Wildman–Crippen MR) is 101 cm³/mol. The molecule has 3 atom stereocenters. The number of aromatic amines is 1. The summed E-state index contributed by atoms with van der Waals surface area (Å²) in [7, 11) is 0. The standard InChI is InChI=1S/C20H23N5O2/c26-17-9-21-8-16(22-17)19(27)23-18-14-10-24-6-7-25(11-14)13-20(18,12-24)15-4-2-1-3-5-15/h1-5,8-9,14,18H,6-7,10-13H2,(H,22,26)(H,23,27). The molecule has 0 aliphatic carbocycles. The first-order valence-electron chi connectivity index (χ1n) is 9.49. The minimum absolute atomic E-state index is 0.0294. The molecule has 3 unspecified atom stereocenters. The van der Waals surface area contributed by atoms with Crippen LogP contribution in [0.1, 0.15) is 16.1 Å². The summed E-state index contributed by atoms with van der Waals surface area (Å²) in [5, 5.41) is 3.27. The lowest BCUT2D eigenvalue weighted by Crippen LogP contribution is -2.70. The van der Waals surface area contributed by atoms with Gasteiger partial charge in [0, 0.05) is 56.6 Å². The maximum Gasteiger partial charge on any atom is 0.269 e. The molecule has 0 spiro atoms. The van der Waals surface area contributed by atoms with Gasteiger partial charge in [-0.15, -0.1) is 0 Å². The van der Waals surface area contributed by atoms with Crippen LogP contribution in [0, 0.1) is 5.92 Å².